The molecule has 15 heavy (non-hydrogen) atoms. The van der Waals surface area contributed by atoms with E-state index in [1.165, 1.54) is 12.8 Å². The summed E-state index contributed by atoms with van der Waals surface area (Å²) in [5.74, 6) is -0.322. The van der Waals surface area contributed by atoms with Crippen LogP contribution in [0.15, 0.2) is 18.2 Å². The maximum Gasteiger partial charge on any atom is 0.142 e. The van der Waals surface area contributed by atoms with Gasteiger partial charge in [0.05, 0.1) is 5.02 Å². The van der Waals surface area contributed by atoms with E-state index in [9.17, 15) is 4.39 Å². The van der Waals surface area contributed by atoms with Crippen molar-refractivity contribution in [1.29, 1.82) is 0 Å². The van der Waals surface area contributed by atoms with E-state index < -0.39 is 0 Å². The van der Waals surface area contributed by atoms with Crippen LogP contribution in [0.2, 0.25) is 5.02 Å². The zero-order chi connectivity index (χ0) is 10.9. The minimum absolute atomic E-state index is 0.197. The van der Waals surface area contributed by atoms with Gasteiger partial charge in [0.15, 0.2) is 0 Å². The van der Waals surface area contributed by atoms with Crippen LogP contribution in [0.3, 0.4) is 0 Å². The highest BCUT2D eigenvalue weighted by atomic mass is 35.5. The molecule has 1 fully saturated rings. The van der Waals surface area contributed by atoms with Crippen LogP contribution in [-0.4, -0.2) is 6.54 Å². The average Bonchev–Trinajstić information content (AvgIpc) is 2.92. The Kier molecular flexibility index (Phi) is 2.98. The molecule has 0 heterocycles. The first-order chi connectivity index (χ1) is 7.15. The molecule has 1 aliphatic rings. The summed E-state index contributed by atoms with van der Waals surface area (Å²) >= 11 is 5.63. The fraction of sp³-hybridized carbons (Fsp3) is 0.500. The first kappa shape index (κ1) is 10.9. The third-order valence-corrected chi connectivity index (χ3v) is 3.50. The third-order valence-electron chi connectivity index (χ3n) is 3.19. The molecule has 0 unspecified atom stereocenters. The van der Waals surface area contributed by atoms with Crippen LogP contribution < -0.4 is 5.73 Å². The fourth-order valence-electron chi connectivity index (χ4n) is 2.08. The molecule has 0 aliphatic heterocycles. The second-order valence-corrected chi connectivity index (χ2v) is 4.87. The van der Waals surface area contributed by atoms with E-state index in [0.29, 0.717) is 5.41 Å². The Bertz CT molecular complexity index is 361. The van der Waals surface area contributed by atoms with E-state index in [2.05, 4.69) is 0 Å². The predicted molar refractivity (Wildman–Crippen MR) is 60.5 cm³/mol. The molecule has 2 N–H and O–H groups in total. The summed E-state index contributed by atoms with van der Waals surface area (Å²) < 4.78 is 13.2. The topological polar surface area (TPSA) is 26.0 Å². The Balaban J connectivity index is 2.08. The number of rotatable bonds is 4. The Morgan fingerprint density at radius 1 is 1.40 bits per heavy atom. The smallest absolute Gasteiger partial charge is 0.142 e. The molecule has 0 atom stereocenters. The van der Waals surface area contributed by atoms with Crippen LogP contribution in [0.1, 0.15) is 24.8 Å². The van der Waals surface area contributed by atoms with E-state index in [1.807, 2.05) is 6.07 Å². The van der Waals surface area contributed by atoms with Gasteiger partial charge in [-0.1, -0.05) is 17.7 Å². The molecule has 0 amide bonds. The molecule has 82 valence electrons. The predicted octanol–water partition coefficient (Wildman–Crippen LogP) is 3.15. The number of hydrogen-bond donors (Lipinski definition) is 1. The van der Waals surface area contributed by atoms with Gasteiger partial charge in [0, 0.05) is 0 Å². The van der Waals surface area contributed by atoms with Crippen molar-refractivity contribution < 1.29 is 4.39 Å². The maximum atomic E-state index is 13.2. The Hall–Kier alpha value is -0.600. The highest BCUT2D eigenvalue weighted by Crippen LogP contribution is 2.51. The van der Waals surface area contributed by atoms with Crippen molar-refractivity contribution in [2.45, 2.75) is 25.7 Å². The molecule has 1 saturated carbocycles. The van der Waals surface area contributed by atoms with Crippen molar-refractivity contribution in [3.05, 3.63) is 34.6 Å². The molecular formula is C12H15ClFN. The van der Waals surface area contributed by atoms with Crippen LogP contribution in [-0.2, 0) is 6.42 Å². The standard InChI is InChI=1S/C12H15ClFN/c13-10-2-1-9(7-11(10)14)8-12(3-4-12)5-6-15/h1-2,7H,3-6,8,15H2. The van der Waals surface area contributed by atoms with Crippen molar-refractivity contribution in [2.24, 2.45) is 11.1 Å². The Morgan fingerprint density at radius 2 is 2.13 bits per heavy atom. The molecule has 0 bridgehead atoms. The molecule has 1 nitrogen and oxygen atoms in total. The van der Waals surface area contributed by atoms with Gasteiger partial charge in [0.25, 0.3) is 0 Å². The number of benzene rings is 1. The van der Waals surface area contributed by atoms with Gasteiger partial charge < -0.3 is 5.73 Å². The average molecular weight is 228 g/mol. The molecule has 0 aromatic heterocycles. The normalized spacial score (nSPS) is 17.8. The van der Waals surface area contributed by atoms with Gasteiger partial charge in [-0.2, -0.15) is 0 Å². The van der Waals surface area contributed by atoms with Crippen LogP contribution >= 0.6 is 11.6 Å². The van der Waals surface area contributed by atoms with Crippen molar-refractivity contribution >= 4 is 11.6 Å². The summed E-state index contributed by atoms with van der Waals surface area (Å²) in [4.78, 5) is 0. The van der Waals surface area contributed by atoms with E-state index in [1.54, 1.807) is 12.1 Å². The molecule has 1 aromatic rings. The summed E-state index contributed by atoms with van der Waals surface area (Å²) in [7, 11) is 0. The first-order valence-electron chi connectivity index (χ1n) is 5.29. The minimum atomic E-state index is -0.322. The monoisotopic (exact) mass is 227 g/mol. The third kappa shape index (κ3) is 2.50. The summed E-state index contributed by atoms with van der Waals surface area (Å²) in [6, 6.07) is 5.08. The quantitative estimate of drug-likeness (QED) is 0.840. The van der Waals surface area contributed by atoms with Crippen molar-refractivity contribution in [2.75, 3.05) is 6.54 Å². The van der Waals surface area contributed by atoms with Gasteiger partial charge in [0.1, 0.15) is 5.82 Å². The zero-order valence-corrected chi connectivity index (χ0v) is 9.36. The molecule has 0 radical (unpaired) electrons. The SMILES string of the molecule is NCCC1(Cc2ccc(Cl)c(F)c2)CC1. The fourth-order valence-corrected chi connectivity index (χ4v) is 2.20. The molecule has 2 rings (SSSR count). The van der Waals surface area contributed by atoms with Crippen molar-refractivity contribution in [1.82, 2.24) is 0 Å². The van der Waals surface area contributed by atoms with Crippen molar-refractivity contribution in [3.63, 3.8) is 0 Å². The highest BCUT2D eigenvalue weighted by molar-refractivity contribution is 6.30. The Labute approximate surface area is 94.4 Å². The summed E-state index contributed by atoms with van der Waals surface area (Å²) in [6.07, 6.45) is 4.40. The number of hydrogen-bond acceptors (Lipinski definition) is 1. The molecule has 0 saturated heterocycles. The number of halogens is 2. The van der Waals surface area contributed by atoms with Gasteiger partial charge in [-0.15, -0.1) is 0 Å². The van der Waals surface area contributed by atoms with Crippen LogP contribution in [0.25, 0.3) is 0 Å². The van der Waals surface area contributed by atoms with Crippen LogP contribution in [0, 0.1) is 11.2 Å². The van der Waals surface area contributed by atoms with Crippen LogP contribution in [0.4, 0.5) is 4.39 Å². The first-order valence-corrected chi connectivity index (χ1v) is 5.67. The lowest BCUT2D eigenvalue weighted by Crippen LogP contribution is -2.12. The second-order valence-electron chi connectivity index (χ2n) is 4.46. The van der Waals surface area contributed by atoms with E-state index in [4.69, 9.17) is 17.3 Å². The molecule has 0 spiro atoms. The van der Waals surface area contributed by atoms with E-state index in [-0.39, 0.29) is 10.8 Å². The molecule has 3 heteroatoms. The van der Waals surface area contributed by atoms with Crippen molar-refractivity contribution in [3.8, 4) is 0 Å². The van der Waals surface area contributed by atoms with Crippen LogP contribution in [0.5, 0.6) is 0 Å². The van der Waals surface area contributed by atoms with E-state index >= 15 is 0 Å². The van der Waals surface area contributed by atoms with Gasteiger partial charge in [-0.05, 0) is 55.3 Å². The Morgan fingerprint density at radius 3 is 2.67 bits per heavy atom. The lowest BCUT2D eigenvalue weighted by molar-refractivity contribution is 0.469. The lowest BCUT2D eigenvalue weighted by Gasteiger charge is -2.13. The minimum Gasteiger partial charge on any atom is -0.330 e. The molecule has 1 aromatic carbocycles. The summed E-state index contributed by atoms with van der Waals surface area (Å²) in [5.41, 5.74) is 6.95. The van der Waals surface area contributed by atoms with Gasteiger partial charge in [0.2, 0.25) is 0 Å². The van der Waals surface area contributed by atoms with E-state index in [0.717, 1.165) is 24.9 Å². The van der Waals surface area contributed by atoms with Gasteiger partial charge in [-0.3, -0.25) is 0 Å². The zero-order valence-electron chi connectivity index (χ0n) is 8.60. The largest absolute Gasteiger partial charge is 0.330 e. The van der Waals surface area contributed by atoms with Gasteiger partial charge >= 0.3 is 0 Å². The lowest BCUT2D eigenvalue weighted by atomic mass is 9.93. The molecular weight excluding hydrogens is 213 g/mol. The van der Waals surface area contributed by atoms with Gasteiger partial charge in [-0.25, -0.2) is 4.39 Å². The maximum absolute atomic E-state index is 13.2. The summed E-state index contributed by atoms with van der Waals surface area (Å²) in [6.45, 7) is 0.718. The molecule has 1 aliphatic carbocycles. The number of nitrogens with two attached hydrogens (primary N) is 1. The second kappa shape index (κ2) is 4.11. The summed E-state index contributed by atoms with van der Waals surface area (Å²) in [5, 5.41) is 0.197. The highest BCUT2D eigenvalue weighted by Gasteiger charge is 2.41.